The normalized spacial score (nSPS) is 25.9. The summed E-state index contributed by atoms with van der Waals surface area (Å²) >= 11 is 0. The number of aliphatic hydroxyl groups is 1. The highest BCUT2D eigenvalue weighted by Crippen LogP contribution is 2.36. The average Bonchev–Trinajstić information content (AvgIpc) is 2.74. The van der Waals surface area contributed by atoms with Crippen LogP contribution in [0.15, 0.2) is 4.52 Å². The van der Waals surface area contributed by atoms with Crippen molar-refractivity contribution < 1.29 is 14.4 Å². The topological polar surface area (TPSA) is 63.3 Å². The van der Waals surface area contributed by atoms with Crippen molar-refractivity contribution in [2.24, 2.45) is 0 Å². The van der Waals surface area contributed by atoms with Crippen LogP contribution in [0.2, 0.25) is 0 Å². The number of nitrogens with zero attached hydrogens (tertiary/aromatic N) is 1. The van der Waals surface area contributed by atoms with Gasteiger partial charge in [0.1, 0.15) is 5.76 Å². The first-order valence-corrected chi connectivity index (χ1v) is 6.45. The third-order valence-electron chi connectivity index (χ3n) is 3.90. The summed E-state index contributed by atoms with van der Waals surface area (Å²) in [5.41, 5.74) is 1.54. The summed E-state index contributed by atoms with van der Waals surface area (Å²) in [5, 5.41) is 13.6. The van der Waals surface area contributed by atoms with E-state index in [9.17, 15) is 9.90 Å². The fraction of sp³-hybridized carbons (Fsp3) is 0.692. The fourth-order valence-electron chi connectivity index (χ4n) is 3.03. The third-order valence-corrected chi connectivity index (χ3v) is 3.90. The Morgan fingerprint density at radius 1 is 1.18 bits per heavy atom. The van der Waals surface area contributed by atoms with Crippen LogP contribution in [0.25, 0.3) is 0 Å². The maximum atomic E-state index is 12.0. The summed E-state index contributed by atoms with van der Waals surface area (Å²) in [7, 11) is 0. The summed E-state index contributed by atoms with van der Waals surface area (Å²) in [6.07, 6.45) is 5.97. The minimum Gasteiger partial charge on any atom is -0.392 e. The zero-order valence-electron chi connectivity index (χ0n) is 9.82. The molecule has 0 bridgehead atoms. The lowest BCUT2D eigenvalue weighted by atomic mass is 9.82. The Morgan fingerprint density at radius 2 is 1.94 bits per heavy atom. The second kappa shape index (κ2) is 4.26. The number of carbonyl (C=O) groups is 1. The first kappa shape index (κ1) is 11.0. The molecule has 1 unspecified atom stereocenters. The van der Waals surface area contributed by atoms with E-state index in [4.69, 9.17) is 4.52 Å². The van der Waals surface area contributed by atoms with Crippen LogP contribution in [-0.4, -0.2) is 22.2 Å². The van der Waals surface area contributed by atoms with E-state index in [1.54, 1.807) is 0 Å². The quantitative estimate of drug-likeness (QED) is 0.810. The van der Waals surface area contributed by atoms with Crippen LogP contribution in [0.1, 0.15) is 66.3 Å². The molecule has 0 radical (unpaired) electrons. The Kier molecular flexibility index (Phi) is 2.74. The molecule has 2 aliphatic rings. The lowest BCUT2D eigenvalue weighted by Crippen LogP contribution is -2.24. The molecule has 1 fully saturated rings. The number of aliphatic hydroxyl groups excluding tert-OH is 1. The van der Waals surface area contributed by atoms with E-state index in [2.05, 4.69) is 5.16 Å². The number of fused-ring (bicyclic) bond motifs is 1. The Hall–Kier alpha value is -1.16. The molecule has 1 N–H and O–H groups in total. The summed E-state index contributed by atoms with van der Waals surface area (Å²) in [6, 6.07) is 0. The number of carbonyl (C=O) groups excluding carboxylic acids is 1. The van der Waals surface area contributed by atoms with Crippen LogP contribution in [0.4, 0.5) is 0 Å². The van der Waals surface area contributed by atoms with E-state index < -0.39 is 6.10 Å². The zero-order valence-corrected chi connectivity index (χ0v) is 9.82. The van der Waals surface area contributed by atoms with Crippen molar-refractivity contribution >= 4 is 5.78 Å². The van der Waals surface area contributed by atoms with Gasteiger partial charge in [-0.2, -0.15) is 0 Å². The predicted octanol–water partition coefficient (Wildman–Crippen LogP) is 2.21. The van der Waals surface area contributed by atoms with Crippen molar-refractivity contribution in [3.05, 3.63) is 17.0 Å². The summed E-state index contributed by atoms with van der Waals surface area (Å²) in [4.78, 5) is 12.0. The molecule has 0 aromatic carbocycles. The minimum atomic E-state index is -0.595. The minimum absolute atomic E-state index is 0.000531. The number of rotatable bonds is 1. The molecule has 1 aromatic rings. The van der Waals surface area contributed by atoms with E-state index in [0.717, 1.165) is 18.5 Å². The molecule has 4 heteroatoms. The van der Waals surface area contributed by atoms with Crippen LogP contribution in [0.3, 0.4) is 0 Å². The lowest BCUT2D eigenvalue weighted by Gasteiger charge is -2.21. The van der Waals surface area contributed by atoms with Gasteiger partial charge in [-0.05, 0) is 12.8 Å². The summed E-state index contributed by atoms with van der Waals surface area (Å²) < 4.78 is 5.25. The monoisotopic (exact) mass is 235 g/mol. The predicted molar refractivity (Wildman–Crippen MR) is 61.0 cm³/mol. The lowest BCUT2D eigenvalue weighted by molar-refractivity contribution is 0.0834. The van der Waals surface area contributed by atoms with E-state index in [1.165, 1.54) is 19.3 Å². The van der Waals surface area contributed by atoms with Gasteiger partial charge >= 0.3 is 0 Å². The smallest absolute Gasteiger partial charge is 0.170 e. The van der Waals surface area contributed by atoms with Crippen molar-refractivity contribution in [2.45, 2.75) is 57.0 Å². The molecule has 1 saturated carbocycles. The van der Waals surface area contributed by atoms with E-state index in [0.29, 0.717) is 23.7 Å². The maximum absolute atomic E-state index is 12.0. The zero-order chi connectivity index (χ0) is 11.8. The highest BCUT2D eigenvalue weighted by molar-refractivity contribution is 5.99. The molecule has 3 rings (SSSR count). The van der Waals surface area contributed by atoms with Gasteiger partial charge in [0.25, 0.3) is 0 Å². The van der Waals surface area contributed by atoms with Crippen molar-refractivity contribution in [1.29, 1.82) is 0 Å². The first-order chi connectivity index (χ1) is 8.25. The largest absolute Gasteiger partial charge is 0.392 e. The Bertz CT molecular complexity index is 432. The summed E-state index contributed by atoms with van der Waals surface area (Å²) in [5.74, 6) is 0.977. The molecule has 4 nitrogen and oxygen atoms in total. The van der Waals surface area contributed by atoms with Crippen molar-refractivity contribution in [2.75, 3.05) is 0 Å². The maximum Gasteiger partial charge on any atom is 0.170 e. The average molecular weight is 235 g/mol. The second-order valence-electron chi connectivity index (χ2n) is 5.19. The van der Waals surface area contributed by atoms with Gasteiger partial charge in [0.15, 0.2) is 5.78 Å². The number of hydrogen-bond donors (Lipinski definition) is 1. The van der Waals surface area contributed by atoms with Gasteiger partial charge in [0.05, 0.1) is 17.4 Å². The summed E-state index contributed by atoms with van der Waals surface area (Å²) in [6.45, 7) is 0. The molecule has 1 aromatic heterocycles. The van der Waals surface area contributed by atoms with Gasteiger partial charge < -0.3 is 9.63 Å². The van der Waals surface area contributed by atoms with Crippen molar-refractivity contribution in [1.82, 2.24) is 5.16 Å². The first-order valence-electron chi connectivity index (χ1n) is 6.45. The van der Waals surface area contributed by atoms with E-state index >= 15 is 0 Å². The Labute approximate surface area is 100.0 Å². The van der Waals surface area contributed by atoms with Gasteiger partial charge in [0, 0.05) is 18.8 Å². The molecule has 1 heterocycles. The molecule has 17 heavy (non-hydrogen) atoms. The second-order valence-corrected chi connectivity index (χ2v) is 5.19. The third kappa shape index (κ3) is 1.90. The Morgan fingerprint density at radius 3 is 2.71 bits per heavy atom. The number of Topliss-reactive ketones (excluding diaryl/α,β-unsaturated/α-hetero) is 1. The fourth-order valence-corrected chi connectivity index (χ4v) is 3.03. The molecule has 0 aliphatic heterocycles. The van der Waals surface area contributed by atoms with E-state index in [-0.39, 0.29) is 12.2 Å². The van der Waals surface area contributed by atoms with Gasteiger partial charge in [-0.25, -0.2) is 0 Å². The molecular weight excluding hydrogens is 218 g/mol. The standard InChI is InChI=1S/C13H17NO3/c15-9-6-10(16)12-11(7-9)17-14-13(12)8-4-2-1-3-5-8/h8-9,15H,1-7H2. The van der Waals surface area contributed by atoms with Gasteiger partial charge in [0.2, 0.25) is 0 Å². The molecular formula is C13H17NO3. The SMILES string of the molecule is O=C1CC(O)Cc2onc(C3CCCCC3)c21. The molecule has 0 saturated heterocycles. The molecule has 92 valence electrons. The highest BCUT2D eigenvalue weighted by Gasteiger charge is 2.33. The molecule has 0 amide bonds. The van der Waals surface area contributed by atoms with Crippen molar-refractivity contribution in [3.63, 3.8) is 0 Å². The molecule has 2 aliphatic carbocycles. The highest BCUT2D eigenvalue weighted by atomic mass is 16.5. The van der Waals surface area contributed by atoms with Crippen molar-refractivity contribution in [3.8, 4) is 0 Å². The van der Waals surface area contributed by atoms with Gasteiger partial charge in [-0.1, -0.05) is 24.4 Å². The van der Waals surface area contributed by atoms with Crippen LogP contribution in [0.5, 0.6) is 0 Å². The van der Waals surface area contributed by atoms with Gasteiger partial charge in [-0.15, -0.1) is 0 Å². The Balaban J connectivity index is 1.93. The van der Waals surface area contributed by atoms with Crippen LogP contribution < -0.4 is 0 Å². The van der Waals surface area contributed by atoms with Gasteiger partial charge in [-0.3, -0.25) is 4.79 Å². The van der Waals surface area contributed by atoms with E-state index in [1.807, 2.05) is 0 Å². The van der Waals surface area contributed by atoms with Crippen LogP contribution in [-0.2, 0) is 6.42 Å². The van der Waals surface area contributed by atoms with Crippen LogP contribution in [0, 0.1) is 0 Å². The number of hydrogen-bond acceptors (Lipinski definition) is 4. The molecule has 1 atom stereocenters. The number of aromatic nitrogens is 1. The number of ketones is 1. The molecule has 0 spiro atoms. The van der Waals surface area contributed by atoms with Crippen LogP contribution >= 0.6 is 0 Å².